The molecule has 10 heteroatoms. The van der Waals surface area contributed by atoms with Gasteiger partial charge in [0.1, 0.15) is 0 Å². The Morgan fingerprint density at radius 3 is 2.88 bits per heavy atom. The van der Waals surface area contributed by atoms with Gasteiger partial charge >= 0.3 is 5.82 Å². The highest BCUT2D eigenvalue weighted by Gasteiger charge is 2.20. The second kappa shape index (κ2) is 8.04. The summed E-state index contributed by atoms with van der Waals surface area (Å²) >= 11 is 3.33. The van der Waals surface area contributed by atoms with Crippen LogP contribution in [0.3, 0.4) is 0 Å². The Kier molecular flexibility index (Phi) is 6.07. The molecule has 1 amide bonds. The van der Waals surface area contributed by atoms with Gasteiger partial charge in [-0.3, -0.25) is 9.48 Å². The van der Waals surface area contributed by atoms with Gasteiger partial charge < -0.3 is 15.4 Å². The van der Waals surface area contributed by atoms with Crippen LogP contribution in [-0.2, 0) is 17.9 Å². The molecule has 0 saturated heterocycles. The molecule has 0 spiro atoms. The number of aryl methyl sites for hydroxylation is 2. The lowest BCUT2D eigenvalue weighted by molar-refractivity contribution is -0.389. The van der Waals surface area contributed by atoms with Crippen molar-refractivity contribution < 1.29 is 9.72 Å². The molecule has 24 heavy (non-hydrogen) atoms. The summed E-state index contributed by atoms with van der Waals surface area (Å²) in [7, 11) is 0. The maximum atomic E-state index is 12.1. The van der Waals surface area contributed by atoms with Crippen LogP contribution in [-0.4, -0.2) is 36.9 Å². The molecule has 1 atom stereocenters. The zero-order chi connectivity index (χ0) is 17.7. The lowest BCUT2D eigenvalue weighted by Crippen LogP contribution is -2.33. The van der Waals surface area contributed by atoms with Crippen LogP contribution in [0.5, 0.6) is 0 Å². The maximum Gasteiger partial charge on any atom is 0.390 e. The summed E-state index contributed by atoms with van der Waals surface area (Å²) in [6.07, 6.45) is 4.35. The first-order chi connectivity index (χ1) is 11.4. The van der Waals surface area contributed by atoms with E-state index in [1.165, 1.54) is 10.7 Å². The Labute approximate surface area is 147 Å². The molecule has 0 fully saturated rings. The van der Waals surface area contributed by atoms with Crippen molar-refractivity contribution in [3.8, 4) is 0 Å². The van der Waals surface area contributed by atoms with Gasteiger partial charge in [-0.05, 0) is 34.2 Å². The third kappa shape index (κ3) is 4.88. The van der Waals surface area contributed by atoms with Crippen LogP contribution < -0.4 is 5.32 Å². The number of hydrogen-bond acceptors (Lipinski definition) is 5. The Morgan fingerprint density at radius 1 is 1.54 bits per heavy atom. The summed E-state index contributed by atoms with van der Waals surface area (Å²) in [5.41, 5.74) is 0.658. The van der Waals surface area contributed by atoms with Crippen molar-refractivity contribution >= 4 is 27.7 Å². The predicted molar refractivity (Wildman–Crippen MR) is 90.3 cm³/mol. The van der Waals surface area contributed by atoms with Gasteiger partial charge in [0.05, 0.1) is 40.0 Å². The Hall–Kier alpha value is -2.23. The number of hydrogen-bond donors (Lipinski definition) is 1. The number of nitrogens with one attached hydrogen (secondary N) is 1. The number of carbonyl (C=O) groups excluding carboxylic acids is 1. The van der Waals surface area contributed by atoms with Gasteiger partial charge in [0.25, 0.3) is 0 Å². The largest absolute Gasteiger partial charge is 0.390 e. The van der Waals surface area contributed by atoms with E-state index in [1.54, 1.807) is 24.7 Å². The van der Waals surface area contributed by atoms with Gasteiger partial charge in [0.2, 0.25) is 5.91 Å². The molecular weight excluding hydrogens is 380 g/mol. The van der Waals surface area contributed by atoms with Crippen molar-refractivity contribution in [1.29, 1.82) is 0 Å². The number of nitrogens with zero attached hydrogens (tertiary/aromatic N) is 5. The standard InChI is InChI=1S/C14H19BrN6O3/c1-10(8-20-11(2)6-13(18-20)21(23)24)14(22)16-4-3-5-19-9-12(15)7-17-19/h6-7,9-10H,3-5,8H2,1-2H3,(H,16,22). The minimum Gasteiger partial charge on any atom is -0.358 e. The van der Waals surface area contributed by atoms with E-state index in [1.807, 2.05) is 6.20 Å². The fourth-order valence-corrected chi connectivity index (χ4v) is 2.52. The summed E-state index contributed by atoms with van der Waals surface area (Å²) < 4.78 is 4.21. The van der Waals surface area contributed by atoms with Crippen LogP contribution in [0.1, 0.15) is 19.0 Å². The van der Waals surface area contributed by atoms with Crippen molar-refractivity contribution in [1.82, 2.24) is 24.9 Å². The van der Waals surface area contributed by atoms with E-state index in [9.17, 15) is 14.9 Å². The third-order valence-corrected chi connectivity index (χ3v) is 3.92. The molecule has 0 radical (unpaired) electrons. The summed E-state index contributed by atoms with van der Waals surface area (Å²) in [5.74, 6) is -0.637. The normalized spacial score (nSPS) is 12.1. The van der Waals surface area contributed by atoms with Gasteiger partial charge in [-0.25, -0.2) is 0 Å². The monoisotopic (exact) mass is 398 g/mol. The third-order valence-electron chi connectivity index (χ3n) is 3.51. The van der Waals surface area contributed by atoms with Crippen LogP contribution >= 0.6 is 15.9 Å². The van der Waals surface area contributed by atoms with Crippen LogP contribution in [0.2, 0.25) is 0 Å². The molecular formula is C14H19BrN6O3. The van der Waals surface area contributed by atoms with Gasteiger partial charge in [-0.2, -0.15) is 9.78 Å². The van der Waals surface area contributed by atoms with Gasteiger partial charge in [-0.15, -0.1) is 0 Å². The number of amides is 1. The number of nitro groups is 1. The zero-order valence-electron chi connectivity index (χ0n) is 13.5. The fourth-order valence-electron chi connectivity index (χ4n) is 2.20. The first kappa shape index (κ1) is 18.1. The van der Waals surface area contributed by atoms with E-state index < -0.39 is 4.92 Å². The van der Waals surface area contributed by atoms with E-state index in [-0.39, 0.29) is 17.6 Å². The van der Waals surface area contributed by atoms with Crippen LogP contribution in [0, 0.1) is 23.0 Å². The molecule has 1 N–H and O–H groups in total. The Bertz CT molecular complexity index is 726. The molecule has 0 aliphatic carbocycles. The van der Waals surface area contributed by atoms with Crippen molar-refractivity contribution in [2.24, 2.45) is 5.92 Å². The molecule has 9 nitrogen and oxygen atoms in total. The van der Waals surface area contributed by atoms with E-state index in [0.29, 0.717) is 25.3 Å². The highest BCUT2D eigenvalue weighted by molar-refractivity contribution is 9.10. The molecule has 2 rings (SSSR count). The molecule has 1 unspecified atom stereocenters. The molecule has 0 saturated carbocycles. The molecule has 0 aliphatic rings. The molecule has 130 valence electrons. The van der Waals surface area contributed by atoms with Crippen molar-refractivity contribution in [2.45, 2.75) is 33.4 Å². The summed E-state index contributed by atoms with van der Waals surface area (Å²) in [5, 5.41) is 21.6. The van der Waals surface area contributed by atoms with Crippen LogP contribution in [0.4, 0.5) is 5.82 Å². The van der Waals surface area contributed by atoms with E-state index in [2.05, 4.69) is 31.4 Å². The lowest BCUT2D eigenvalue weighted by atomic mass is 10.1. The zero-order valence-corrected chi connectivity index (χ0v) is 15.1. The second-order valence-corrected chi connectivity index (χ2v) is 6.47. The smallest absolute Gasteiger partial charge is 0.358 e. The summed E-state index contributed by atoms with van der Waals surface area (Å²) in [6.45, 7) is 5.06. The van der Waals surface area contributed by atoms with E-state index >= 15 is 0 Å². The minimum atomic E-state index is -0.540. The Balaban J connectivity index is 1.76. The van der Waals surface area contributed by atoms with Gasteiger partial charge in [0.15, 0.2) is 0 Å². The number of aromatic nitrogens is 4. The number of halogens is 1. The molecule has 2 aromatic rings. The maximum absolute atomic E-state index is 12.1. The van der Waals surface area contributed by atoms with E-state index in [0.717, 1.165) is 10.9 Å². The van der Waals surface area contributed by atoms with Crippen molar-refractivity contribution in [3.63, 3.8) is 0 Å². The number of carbonyl (C=O) groups is 1. The topological polar surface area (TPSA) is 108 Å². The molecule has 0 bridgehead atoms. The predicted octanol–water partition coefficient (Wildman–Crippen LogP) is 1.90. The van der Waals surface area contributed by atoms with Crippen molar-refractivity contribution in [2.75, 3.05) is 6.54 Å². The summed E-state index contributed by atoms with van der Waals surface area (Å²) in [6, 6.07) is 1.40. The summed E-state index contributed by atoms with van der Waals surface area (Å²) in [4.78, 5) is 22.3. The fraction of sp³-hybridized carbons (Fsp3) is 0.500. The average Bonchev–Trinajstić information content (AvgIpc) is 3.10. The minimum absolute atomic E-state index is 0.103. The first-order valence-electron chi connectivity index (χ1n) is 7.51. The van der Waals surface area contributed by atoms with Gasteiger partial charge in [-0.1, -0.05) is 6.92 Å². The molecule has 2 aromatic heterocycles. The second-order valence-electron chi connectivity index (χ2n) is 5.55. The molecule has 0 aromatic carbocycles. The highest BCUT2D eigenvalue weighted by Crippen LogP contribution is 2.13. The Morgan fingerprint density at radius 2 is 2.29 bits per heavy atom. The van der Waals surface area contributed by atoms with Gasteiger partial charge in [0, 0.05) is 19.3 Å². The van der Waals surface area contributed by atoms with Crippen molar-refractivity contribution in [3.05, 3.63) is 38.7 Å². The quantitative estimate of drug-likeness (QED) is 0.414. The number of rotatable bonds is 8. The van der Waals surface area contributed by atoms with Crippen LogP contribution in [0.15, 0.2) is 22.9 Å². The lowest BCUT2D eigenvalue weighted by Gasteiger charge is -2.11. The highest BCUT2D eigenvalue weighted by atomic mass is 79.9. The SMILES string of the molecule is Cc1cc([N+](=O)[O-])nn1CC(C)C(=O)NCCCn1cc(Br)cn1. The molecule has 2 heterocycles. The van der Waals surface area contributed by atoms with Crippen LogP contribution in [0.25, 0.3) is 0 Å². The first-order valence-corrected chi connectivity index (χ1v) is 8.30. The van der Waals surface area contributed by atoms with E-state index in [4.69, 9.17) is 0 Å². The average molecular weight is 399 g/mol. The molecule has 0 aliphatic heterocycles.